The summed E-state index contributed by atoms with van der Waals surface area (Å²) in [5, 5.41) is 4.71. The van der Waals surface area contributed by atoms with Crippen LogP contribution in [0.5, 0.6) is 5.75 Å². The Morgan fingerprint density at radius 3 is 2.88 bits per heavy atom. The Labute approximate surface area is 97.8 Å². The van der Waals surface area contributed by atoms with E-state index < -0.39 is 0 Å². The molecule has 1 aromatic carbocycles. The normalized spacial score (nSPS) is 10.4. The van der Waals surface area contributed by atoms with Crippen molar-refractivity contribution in [2.45, 2.75) is 6.54 Å². The molecule has 1 heterocycles. The molecule has 0 amide bonds. The first-order valence-corrected chi connectivity index (χ1v) is 5.07. The maximum atomic E-state index is 6.01. The van der Waals surface area contributed by atoms with Crippen LogP contribution in [-0.4, -0.2) is 21.9 Å². The smallest absolute Gasteiger partial charge is 0.164 e. The van der Waals surface area contributed by atoms with Gasteiger partial charge in [-0.2, -0.15) is 0 Å². The molecule has 0 spiro atoms. The number of methoxy groups -OCH3 is 1. The minimum absolute atomic E-state index is 0.316. The monoisotopic (exact) mass is 238 g/mol. The molecule has 0 aliphatic heterocycles. The molecule has 0 radical (unpaired) electrons. The third kappa shape index (κ3) is 2.00. The van der Waals surface area contributed by atoms with Gasteiger partial charge in [0.15, 0.2) is 5.82 Å². The van der Waals surface area contributed by atoms with E-state index in [9.17, 15) is 0 Å². The zero-order valence-corrected chi connectivity index (χ0v) is 9.48. The Hall–Kier alpha value is -1.59. The molecule has 2 N–H and O–H groups in total. The molecule has 0 saturated heterocycles. The first-order chi connectivity index (χ1) is 7.74. The minimum Gasteiger partial charge on any atom is -0.495 e. The van der Waals surface area contributed by atoms with E-state index in [1.807, 2.05) is 6.07 Å². The molecule has 0 unspecified atom stereocenters. The Balaban J connectivity index is 2.37. The number of nitrogens with zero attached hydrogens (tertiary/aromatic N) is 3. The lowest BCUT2D eigenvalue weighted by Crippen LogP contribution is -2.01. The van der Waals surface area contributed by atoms with Crippen LogP contribution in [0.25, 0.3) is 5.69 Å². The molecule has 6 heteroatoms. The lowest BCUT2D eigenvalue weighted by Gasteiger charge is -2.05. The fraction of sp³-hybridized carbons (Fsp3) is 0.200. The molecule has 1 aromatic heterocycles. The van der Waals surface area contributed by atoms with E-state index >= 15 is 0 Å². The van der Waals surface area contributed by atoms with Gasteiger partial charge in [0.05, 0.1) is 24.4 Å². The lowest BCUT2D eigenvalue weighted by atomic mass is 10.3. The molecular weight excluding hydrogens is 228 g/mol. The van der Waals surface area contributed by atoms with Crippen LogP contribution in [0, 0.1) is 0 Å². The number of nitrogens with two attached hydrogens (primary N) is 1. The van der Waals surface area contributed by atoms with Crippen LogP contribution in [0.2, 0.25) is 5.02 Å². The van der Waals surface area contributed by atoms with Gasteiger partial charge in [-0.3, -0.25) is 0 Å². The summed E-state index contributed by atoms with van der Waals surface area (Å²) in [4.78, 5) is 4.04. The molecule has 0 fully saturated rings. The highest BCUT2D eigenvalue weighted by Crippen LogP contribution is 2.26. The molecule has 2 aromatic rings. The van der Waals surface area contributed by atoms with Gasteiger partial charge in [-0.1, -0.05) is 11.6 Å². The Morgan fingerprint density at radius 2 is 2.31 bits per heavy atom. The van der Waals surface area contributed by atoms with Crippen molar-refractivity contribution in [1.82, 2.24) is 14.8 Å². The maximum absolute atomic E-state index is 6.01. The number of hydrogen-bond acceptors (Lipinski definition) is 4. The number of aromatic nitrogens is 3. The number of ether oxygens (including phenoxy) is 1. The summed E-state index contributed by atoms with van der Waals surface area (Å²) < 4.78 is 6.68. The predicted octanol–water partition coefficient (Wildman–Crippen LogP) is 1.39. The van der Waals surface area contributed by atoms with Crippen molar-refractivity contribution in [3.8, 4) is 11.4 Å². The van der Waals surface area contributed by atoms with Crippen LogP contribution in [0.4, 0.5) is 0 Å². The Kier molecular flexibility index (Phi) is 3.07. The van der Waals surface area contributed by atoms with Gasteiger partial charge in [0.25, 0.3) is 0 Å². The van der Waals surface area contributed by atoms with E-state index in [0.29, 0.717) is 23.1 Å². The van der Waals surface area contributed by atoms with Crippen LogP contribution in [0.1, 0.15) is 5.82 Å². The molecule has 0 bridgehead atoms. The zero-order chi connectivity index (χ0) is 11.5. The molecule has 16 heavy (non-hydrogen) atoms. The van der Waals surface area contributed by atoms with Crippen LogP contribution < -0.4 is 10.5 Å². The number of benzene rings is 1. The van der Waals surface area contributed by atoms with Gasteiger partial charge in [0, 0.05) is 0 Å². The fourth-order valence-corrected chi connectivity index (χ4v) is 1.56. The first-order valence-electron chi connectivity index (χ1n) is 4.69. The molecule has 5 nitrogen and oxygen atoms in total. The minimum atomic E-state index is 0.316. The molecule has 0 atom stereocenters. The van der Waals surface area contributed by atoms with Gasteiger partial charge in [0.1, 0.15) is 12.1 Å². The van der Waals surface area contributed by atoms with Gasteiger partial charge >= 0.3 is 0 Å². The number of hydrogen-bond donors (Lipinski definition) is 1. The van der Waals surface area contributed by atoms with Crippen molar-refractivity contribution in [3.63, 3.8) is 0 Å². The highest BCUT2D eigenvalue weighted by atomic mass is 35.5. The second-order valence-corrected chi connectivity index (χ2v) is 3.54. The van der Waals surface area contributed by atoms with E-state index in [0.717, 1.165) is 5.69 Å². The second-order valence-electron chi connectivity index (χ2n) is 3.13. The van der Waals surface area contributed by atoms with E-state index in [4.69, 9.17) is 22.1 Å². The van der Waals surface area contributed by atoms with Gasteiger partial charge in [-0.05, 0) is 18.2 Å². The van der Waals surface area contributed by atoms with Gasteiger partial charge in [-0.25, -0.2) is 9.67 Å². The largest absolute Gasteiger partial charge is 0.495 e. The summed E-state index contributed by atoms with van der Waals surface area (Å²) in [6, 6.07) is 5.39. The Morgan fingerprint density at radius 1 is 1.50 bits per heavy atom. The van der Waals surface area contributed by atoms with Crippen molar-refractivity contribution >= 4 is 11.6 Å². The van der Waals surface area contributed by atoms with Crippen molar-refractivity contribution in [1.29, 1.82) is 0 Å². The van der Waals surface area contributed by atoms with Crippen LogP contribution in [0.3, 0.4) is 0 Å². The summed E-state index contributed by atoms with van der Waals surface area (Å²) in [5.41, 5.74) is 6.25. The van der Waals surface area contributed by atoms with Crippen molar-refractivity contribution in [2.75, 3.05) is 7.11 Å². The van der Waals surface area contributed by atoms with Crippen LogP contribution >= 0.6 is 11.6 Å². The standard InChI is InChI=1S/C10H11ClN4O/c1-16-9-3-2-7(4-8(9)11)15-6-13-10(5-12)14-15/h2-4,6H,5,12H2,1H3. The second kappa shape index (κ2) is 4.51. The van der Waals surface area contributed by atoms with Gasteiger partial charge < -0.3 is 10.5 Å². The van der Waals surface area contributed by atoms with Crippen molar-refractivity contribution in [3.05, 3.63) is 35.4 Å². The topological polar surface area (TPSA) is 66.0 Å². The third-order valence-corrected chi connectivity index (χ3v) is 2.42. The molecule has 84 valence electrons. The summed E-state index contributed by atoms with van der Waals surface area (Å²) in [5.74, 6) is 1.22. The summed E-state index contributed by atoms with van der Waals surface area (Å²) in [6.07, 6.45) is 1.60. The van der Waals surface area contributed by atoms with Crippen LogP contribution in [0.15, 0.2) is 24.5 Å². The third-order valence-electron chi connectivity index (χ3n) is 2.12. The number of rotatable bonds is 3. The fourth-order valence-electron chi connectivity index (χ4n) is 1.31. The van der Waals surface area contributed by atoms with Crippen molar-refractivity contribution < 1.29 is 4.74 Å². The SMILES string of the molecule is COc1ccc(-n2cnc(CN)n2)cc1Cl. The lowest BCUT2D eigenvalue weighted by molar-refractivity contribution is 0.415. The average Bonchev–Trinajstić information content (AvgIpc) is 2.77. The van der Waals surface area contributed by atoms with Crippen molar-refractivity contribution in [2.24, 2.45) is 5.73 Å². The Bertz CT molecular complexity index is 497. The van der Waals surface area contributed by atoms with E-state index in [-0.39, 0.29) is 0 Å². The van der Waals surface area contributed by atoms with E-state index in [1.165, 1.54) is 0 Å². The average molecular weight is 239 g/mol. The summed E-state index contributed by atoms with van der Waals surface area (Å²) >= 11 is 6.01. The maximum Gasteiger partial charge on any atom is 0.164 e. The highest BCUT2D eigenvalue weighted by molar-refractivity contribution is 6.32. The van der Waals surface area contributed by atoms with Gasteiger partial charge in [-0.15, -0.1) is 5.10 Å². The zero-order valence-electron chi connectivity index (χ0n) is 8.72. The summed E-state index contributed by atoms with van der Waals surface area (Å²) in [7, 11) is 1.57. The van der Waals surface area contributed by atoms with Crippen LogP contribution in [-0.2, 0) is 6.54 Å². The predicted molar refractivity (Wildman–Crippen MR) is 60.8 cm³/mol. The van der Waals surface area contributed by atoms with E-state index in [2.05, 4.69) is 10.1 Å². The van der Waals surface area contributed by atoms with E-state index in [1.54, 1.807) is 30.3 Å². The molecule has 0 saturated carbocycles. The summed E-state index contributed by atoms with van der Waals surface area (Å²) in [6.45, 7) is 0.316. The first kappa shape index (κ1) is 10.9. The van der Waals surface area contributed by atoms with Gasteiger partial charge in [0.2, 0.25) is 0 Å². The number of halogens is 1. The molecular formula is C10H11ClN4O. The highest BCUT2D eigenvalue weighted by Gasteiger charge is 2.05. The molecule has 2 rings (SSSR count). The molecule has 0 aliphatic carbocycles. The molecule has 0 aliphatic rings. The quantitative estimate of drug-likeness (QED) is 0.878.